The molecule has 30 heavy (non-hydrogen) atoms. The molecule has 3 heterocycles. The van der Waals surface area contributed by atoms with Gasteiger partial charge in [0.15, 0.2) is 5.84 Å². The Hall–Kier alpha value is -3.07. The zero-order chi connectivity index (χ0) is 21.3. The Morgan fingerprint density at radius 3 is 2.90 bits per heavy atom. The van der Waals surface area contributed by atoms with E-state index in [1.807, 2.05) is 0 Å². The van der Waals surface area contributed by atoms with Gasteiger partial charge in [-0.25, -0.2) is 0 Å². The molecule has 0 fully saturated rings. The van der Waals surface area contributed by atoms with Crippen molar-refractivity contribution in [1.82, 2.24) is 20.1 Å². The molecule has 0 bridgehead atoms. The summed E-state index contributed by atoms with van der Waals surface area (Å²) >= 11 is 1.57. The maximum atomic E-state index is 15.2. The Labute approximate surface area is 176 Å². The van der Waals surface area contributed by atoms with E-state index < -0.39 is 11.8 Å². The molecule has 0 spiro atoms. The van der Waals surface area contributed by atoms with Gasteiger partial charge in [0.2, 0.25) is 0 Å². The highest BCUT2D eigenvalue weighted by Gasteiger charge is 2.39. The first-order valence-electron chi connectivity index (χ1n) is 9.51. The van der Waals surface area contributed by atoms with Crippen LogP contribution in [0, 0.1) is 10.8 Å². The summed E-state index contributed by atoms with van der Waals surface area (Å²) in [6.45, 7) is 2.09. The van der Waals surface area contributed by atoms with Gasteiger partial charge in [-0.15, -0.1) is 0 Å². The first kappa shape index (κ1) is 20.2. The van der Waals surface area contributed by atoms with Gasteiger partial charge < -0.3 is 5.32 Å². The van der Waals surface area contributed by atoms with Gasteiger partial charge in [-0.2, -0.15) is 18.6 Å². The number of benzene rings is 1. The smallest absolute Gasteiger partial charge is 0.331 e. The summed E-state index contributed by atoms with van der Waals surface area (Å²) in [4.78, 5) is 4.94. The lowest BCUT2D eigenvalue weighted by Crippen LogP contribution is -2.39. The first-order valence-corrected chi connectivity index (χ1v) is 10.4. The number of alkyl halides is 2. The monoisotopic (exact) mass is 426 g/mol. The molecule has 1 aromatic carbocycles. The molecule has 1 aliphatic rings. The molecule has 154 valence electrons. The summed E-state index contributed by atoms with van der Waals surface area (Å²) in [5.41, 5.74) is 0.418. The standard InChI is InChI=1S/C21H20F2N6S/c1-2-4-19-27-12-17(30-19)16-8-9-18(24)29(28-16)20(25)21(22,23)14-6-7-15-13(11-14)5-3-10-26-15/h3,5-12,19,24-25,27H,2,4H2,1H3. The summed E-state index contributed by atoms with van der Waals surface area (Å²) in [6, 6.07) is 10.4. The van der Waals surface area contributed by atoms with E-state index in [4.69, 9.17) is 10.8 Å². The molecule has 4 rings (SSSR count). The molecule has 3 aromatic rings. The lowest BCUT2D eigenvalue weighted by atomic mass is 10.0. The van der Waals surface area contributed by atoms with Gasteiger partial charge in [0.25, 0.3) is 0 Å². The van der Waals surface area contributed by atoms with E-state index in [-0.39, 0.29) is 16.4 Å². The Morgan fingerprint density at radius 1 is 1.27 bits per heavy atom. The highest BCUT2D eigenvalue weighted by Crippen LogP contribution is 2.35. The fraction of sp³-hybridized carbons (Fsp3) is 0.238. The minimum Gasteiger partial charge on any atom is -0.378 e. The van der Waals surface area contributed by atoms with Crippen LogP contribution in [0.25, 0.3) is 15.8 Å². The van der Waals surface area contributed by atoms with Crippen LogP contribution < -0.4 is 10.8 Å². The average Bonchev–Trinajstić information content (AvgIpc) is 3.22. The molecule has 1 atom stereocenters. The van der Waals surface area contributed by atoms with Crippen LogP contribution in [0.3, 0.4) is 0 Å². The van der Waals surface area contributed by atoms with E-state index >= 15 is 8.78 Å². The number of aromatic nitrogens is 3. The van der Waals surface area contributed by atoms with Crippen molar-refractivity contribution in [1.29, 1.82) is 10.8 Å². The van der Waals surface area contributed by atoms with Gasteiger partial charge >= 0.3 is 5.92 Å². The molecule has 0 aliphatic carbocycles. The van der Waals surface area contributed by atoms with Crippen molar-refractivity contribution in [2.75, 3.05) is 0 Å². The van der Waals surface area contributed by atoms with Crippen molar-refractivity contribution >= 4 is 33.4 Å². The maximum absolute atomic E-state index is 15.2. The molecule has 6 nitrogen and oxygen atoms in total. The third-order valence-electron chi connectivity index (χ3n) is 4.78. The Balaban J connectivity index is 1.67. The highest BCUT2D eigenvalue weighted by molar-refractivity contribution is 8.09. The van der Waals surface area contributed by atoms with Gasteiger partial charge in [-0.3, -0.25) is 15.8 Å². The molecule has 3 N–H and O–H groups in total. The molecule has 0 radical (unpaired) electrons. The zero-order valence-corrected chi connectivity index (χ0v) is 17.0. The maximum Gasteiger partial charge on any atom is 0.331 e. The van der Waals surface area contributed by atoms with E-state index in [1.165, 1.54) is 24.3 Å². The summed E-state index contributed by atoms with van der Waals surface area (Å²) in [5.74, 6) is -4.70. The molecular weight excluding hydrogens is 406 g/mol. The van der Waals surface area contributed by atoms with Crippen LogP contribution in [0.4, 0.5) is 8.78 Å². The molecule has 0 saturated carbocycles. The minimum absolute atomic E-state index is 0.211. The summed E-state index contributed by atoms with van der Waals surface area (Å²) in [6.07, 6.45) is 5.38. The van der Waals surface area contributed by atoms with E-state index in [2.05, 4.69) is 22.3 Å². The van der Waals surface area contributed by atoms with Crippen LogP contribution in [0.1, 0.15) is 31.0 Å². The number of nitrogens with zero attached hydrogens (tertiary/aromatic N) is 3. The van der Waals surface area contributed by atoms with Crippen molar-refractivity contribution < 1.29 is 8.78 Å². The molecule has 1 unspecified atom stereocenters. The number of pyridine rings is 1. The topological polar surface area (TPSA) is 90.4 Å². The Bertz CT molecular complexity index is 1200. The second-order valence-corrected chi connectivity index (χ2v) is 8.16. The van der Waals surface area contributed by atoms with E-state index in [0.29, 0.717) is 21.3 Å². The van der Waals surface area contributed by atoms with Crippen molar-refractivity contribution in [3.05, 3.63) is 71.6 Å². The van der Waals surface area contributed by atoms with Gasteiger partial charge in [0, 0.05) is 23.3 Å². The van der Waals surface area contributed by atoms with Crippen LogP contribution >= 0.6 is 11.8 Å². The number of rotatable bonds is 5. The fourth-order valence-electron chi connectivity index (χ4n) is 3.19. The van der Waals surface area contributed by atoms with Crippen LogP contribution in [0.2, 0.25) is 0 Å². The predicted molar refractivity (Wildman–Crippen MR) is 114 cm³/mol. The largest absolute Gasteiger partial charge is 0.378 e. The second kappa shape index (κ2) is 7.98. The fourth-order valence-corrected chi connectivity index (χ4v) is 4.36. The molecule has 0 amide bonds. The molecule has 9 heteroatoms. The van der Waals surface area contributed by atoms with Gasteiger partial charge in [-0.1, -0.05) is 37.2 Å². The Morgan fingerprint density at radius 2 is 2.10 bits per heavy atom. The lowest BCUT2D eigenvalue weighted by Gasteiger charge is -2.19. The van der Waals surface area contributed by atoms with E-state index in [9.17, 15) is 0 Å². The summed E-state index contributed by atoms with van der Waals surface area (Å²) < 4.78 is 31.1. The highest BCUT2D eigenvalue weighted by atomic mass is 32.2. The van der Waals surface area contributed by atoms with Crippen molar-refractivity contribution in [3.8, 4) is 0 Å². The predicted octanol–water partition coefficient (Wildman–Crippen LogP) is 4.29. The second-order valence-electron chi connectivity index (χ2n) is 6.92. The molecular formula is C21H20F2N6S. The van der Waals surface area contributed by atoms with E-state index in [0.717, 1.165) is 17.7 Å². The van der Waals surface area contributed by atoms with Gasteiger partial charge in [0.05, 0.1) is 21.5 Å². The zero-order valence-electron chi connectivity index (χ0n) is 16.2. The quantitative estimate of drug-likeness (QED) is 0.419. The third-order valence-corrected chi connectivity index (χ3v) is 6.02. The number of hydrogen-bond acceptors (Lipinski definition) is 6. The first-order chi connectivity index (χ1) is 14.4. The average molecular weight is 426 g/mol. The van der Waals surface area contributed by atoms with E-state index in [1.54, 1.807) is 42.4 Å². The molecule has 1 aliphatic heterocycles. The van der Waals surface area contributed by atoms with Crippen LogP contribution in [-0.4, -0.2) is 26.0 Å². The number of fused-ring (bicyclic) bond motifs is 1. The van der Waals surface area contributed by atoms with Crippen LogP contribution in [0.15, 0.2) is 54.9 Å². The van der Waals surface area contributed by atoms with Crippen molar-refractivity contribution in [2.45, 2.75) is 31.1 Å². The lowest BCUT2D eigenvalue weighted by molar-refractivity contribution is 0.0697. The third kappa shape index (κ3) is 3.72. The van der Waals surface area contributed by atoms with Crippen molar-refractivity contribution in [3.63, 3.8) is 0 Å². The summed E-state index contributed by atoms with van der Waals surface area (Å²) in [7, 11) is 0. The SMILES string of the molecule is CCCC1NC=C(c2ccc(=N)n(C(=N)C(F)(F)c3ccc4ncccc4c3)n2)S1. The number of nitrogens with one attached hydrogen (secondary N) is 3. The van der Waals surface area contributed by atoms with Crippen LogP contribution in [0.5, 0.6) is 0 Å². The number of thioether (sulfide) groups is 1. The minimum atomic E-state index is -3.63. The summed E-state index contributed by atoms with van der Waals surface area (Å²) in [5, 5.41) is 24.4. The molecule has 2 aromatic heterocycles. The van der Waals surface area contributed by atoms with Crippen LogP contribution in [-0.2, 0) is 5.92 Å². The normalized spacial score (nSPS) is 16.4. The Kier molecular flexibility index (Phi) is 5.38. The number of hydrogen-bond donors (Lipinski definition) is 3. The van der Waals surface area contributed by atoms with Crippen molar-refractivity contribution in [2.24, 2.45) is 0 Å². The molecule has 0 saturated heterocycles. The number of halogens is 2. The van der Waals surface area contributed by atoms with Gasteiger partial charge in [-0.05, 0) is 36.8 Å². The van der Waals surface area contributed by atoms with Gasteiger partial charge in [0.1, 0.15) is 5.49 Å².